The monoisotopic (exact) mass is 456 g/mol. The van der Waals surface area contributed by atoms with Crippen LogP contribution in [0.1, 0.15) is 29.6 Å². The van der Waals surface area contributed by atoms with Gasteiger partial charge in [-0.1, -0.05) is 6.07 Å². The second-order valence-corrected chi connectivity index (χ2v) is 6.78. The summed E-state index contributed by atoms with van der Waals surface area (Å²) in [5.41, 5.74) is 0.400. The maximum Gasteiger partial charge on any atom is 0.326 e. The number of unbranched alkanes of at least 4 members (excludes halogenated alkanes) is 1. The van der Waals surface area contributed by atoms with E-state index in [4.69, 9.17) is 0 Å². The molecule has 8 heteroatoms. The molecule has 0 fully saturated rings. The van der Waals surface area contributed by atoms with Gasteiger partial charge in [-0.25, -0.2) is 4.79 Å². The second kappa shape index (κ2) is 8.75. The lowest BCUT2D eigenvalue weighted by molar-refractivity contribution is -0.140. The van der Waals surface area contributed by atoms with E-state index in [1.165, 1.54) is 12.2 Å². The van der Waals surface area contributed by atoms with E-state index in [0.29, 0.717) is 18.4 Å². The first-order valence-corrected chi connectivity index (χ1v) is 8.79. The summed E-state index contributed by atoms with van der Waals surface area (Å²) in [5.74, 6) is -2.27. The lowest BCUT2D eigenvalue weighted by Crippen LogP contribution is -2.41. The van der Waals surface area contributed by atoms with Crippen molar-refractivity contribution in [3.05, 3.63) is 45.6 Å². The number of carboxylic acids is 1. The third kappa shape index (κ3) is 5.38. The smallest absolute Gasteiger partial charge is 0.326 e. The van der Waals surface area contributed by atoms with Gasteiger partial charge in [-0.15, -0.1) is 0 Å². The molecule has 7 nitrogen and oxygen atoms in total. The molecule has 0 radical (unpaired) electrons. The lowest BCUT2D eigenvalue weighted by atomic mass is 10.1. The van der Waals surface area contributed by atoms with Crippen molar-refractivity contribution < 1.29 is 24.3 Å². The summed E-state index contributed by atoms with van der Waals surface area (Å²) < 4.78 is 0.880. The van der Waals surface area contributed by atoms with Gasteiger partial charge in [-0.05, 0) is 60.1 Å². The molecule has 0 spiro atoms. The van der Waals surface area contributed by atoms with Gasteiger partial charge in [0.15, 0.2) is 0 Å². The average Bonchev–Trinajstić information content (AvgIpc) is 2.88. The second-order valence-electron chi connectivity index (χ2n) is 5.53. The van der Waals surface area contributed by atoms with Gasteiger partial charge in [0.25, 0.3) is 17.7 Å². The number of carbonyl (C=O) groups excluding carboxylic acids is 3. The highest BCUT2D eigenvalue weighted by molar-refractivity contribution is 14.1. The summed E-state index contributed by atoms with van der Waals surface area (Å²) >= 11 is 2.07. The minimum absolute atomic E-state index is 0.217. The van der Waals surface area contributed by atoms with Crippen LogP contribution in [-0.4, -0.2) is 46.3 Å². The number of amides is 3. The number of rotatable bonds is 8. The summed E-state index contributed by atoms with van der Waals surface area (Å²) in [6.07, 6.45) is 3.57. The number of carbonyl (C=O) groups is 4. The van der Waals surface area contributed by atoms with Crippen molar-refractivity contribution >= 4 is 46.3 Å². The summed E-state index contributed by atoms with van der Waals surface area (Å²) in [6, 6.07) is 5.83. The molecule has 25 heavy (non-hydrogen) atoms. The Labute approximate surface area is 158 Å². The Hall–Kier alpha value is -2.23. The van der Waals surface area contributed by atoms with Crippen molar-refractivity contribution in [1.82, 2.24) is 10.2 Å². The molecule has 0 aliphatic carbocycles. The third-order valence-corrected chi connectivity index (χ3v) is 4.39. The number of nitrogens with zero attached hydrogens (tertiary/aromatic N) is 1. The molecule has 0 saturated heterocycles. The molecule has 3 amide bonds. The topological polar surface area (TPSA) is 104 Å². The third-order valence-electron chi connectivity index (χ3n) is 3.72. The molecule has 1 heterocycles. The van der Waals surface area contributed by atoms with E-state index in [1.807, 2.05) is 6.07 Å². The van der Waals surface area contributed by atoms with Gasteiger partial charge in [0.2, 0.25) is 0 Å². The zero-order valence-electron chi connectivity index (χ0n) is 13.3. The zero-order valence-corrected chi connectivity index (χ0v) is 15.4. The highest BCUT2D eigenvalue weighted by Gasteiger charge is 2.24. The van der Waals surface area contributed by atoms with Gasteiger partial charge in [0, 0.05) is 27.8 Å². The first kappa shape index (κ1) is 19.1. The Balaban J connectivity index is 1.82. The van der Waals surface area contributed by atoms with Gasteiger partial charge in [0.05, 0.1) is 0 Å². The fourth-order valence-corrected chi connectivity index (χ4v) is 2.94. The predicted molar refractivity (Wildman–Crippen MR) is 97.8 cm³/mol. The van der Waals surface area contributed by atoms with Crippen LogP contribution in [0.15, 0.2) is 36.4 Å². The molecular formula is C17H17IN2O5. The minimum atomic E-state index is -1.12. The van der Waals surface area contributed by atoms with Crippen molar-refractivity contribution in [2.45, 2.75) is 25.3 Å². The van der Waals surface area contributed by atoms with Crippen LogP contribution < -0.4 is 5.32 Å². The average molecular weight is 456 g/mol. The highest BCUT2D eigenvalue weighted by atomic mass is 127. The van der Waals surface area contributed by atoms with E-state index in [0.717, 1.165) is 8.47 Å². The lowest BCUT2D eigenvalue weighted by Gasteiger charge is -2.16. The van der Waals surface area contributed by atoms with Crippen LogP contribution in [0.5, 0.6) is 0 Å². The SMILES string of the molecule is O=C(N[C@@H](CCCCN1C(=O)C=CC1=O)C(=O)O)c1cccc(I)c1. The van der Waals surface area contributed by atoms with Gasteiger partial charge >= 0.3 is 5.97 Å². The molecule has 1 atom stereocenters. The highest BCUT2D eigenvalue weighted by Crippen LogP contribution is 2.10. The summed E-state index contributed by atoms with van der Waals surface area (Å²) in [7, 11) is 0. The molecule has 0 aromatic heterocycles. The molecule has 0 bridgehead atoms. The van der Waals surface area contributed by atoms with E-state index >= 15 is 0 Å². The van der Waals surface area contributed by atoms with Gasteiger partial charge in [-0.3, -0.25) is 19.3 Å². The fourth-order valence-electron chi connectivity index (χ4n) is 2.40. The van der Waals surface area contributed by atoms with Crippen molar-refractivity contribution in [1.29, 1.82) is 0 Å². The predicted octanol–water partition coefficient (Wildman–Crippen LogP) is 1.57. The molecule has 2 rings (SSSR count). The number of halogens is 1. The summed E-state index contributed by atoms with van der Waals surface area (Å²) in [5, 5.41) is 11.8. The zero-order chi connectivity index (χ0) is 18.4. The first-order valence-electron chi connectivity index (χ1n) is 7.71. The fraction of sp³-hybridized carbons (Fsp3) is 0.294. The maximum atomic E-state index is 12.2. The molecule has 1 aromatic rings. The molecule has 1 aliphatic heterocycles. The van der Waals surface area contributed by atoms with Crippen LogP contribution >= 0.6 is 22.6 Å². The van der Waals surface area contributed by atoms with E-state index < -0.39 is 17.9 Å². The quantitative estimate of drug-likeness (QED) is 0.351. The Bertz CT molecular complexity index is 714. The number of nitrogens with one attached hydrogen (secondary N) is 1. The Morgan fingerprint density at radius 3 is 2.44 bits per heavy atom. The van der Waals surface area contributed by atoms with Crippen LogP contribution in [-0.2, 0) is 14.4 Å². The van der Waals surface area contributed by atoms with Gasteiger partial charge in [-0.2, -0.15) is 0 Å². The number of hydrogen-bond donors (Lipinski definition) is 2. The molecule has 132 valence electrons. The van der Waals surface area contributed by atoms with Crippen molar-refractivity contribution in [3.63, 3.8) is 0 Å². The minimum Gasteiger partial charge on any atom is -0.480 e. The van der Waals surface area contributed by atoms with Crippen LogP contribution in [0, 0.1) is 3.57 Å². The van der Waals surface area contributed by atoms with E-state index in [9.17, 15) is 24.3 Å². The normalized spacial score (nSPS) is 14.7. The van der Waals surface area contributed by atoms with E-state index in [2.05, 4.69) is 27.9 Å². The molecular weight excluding hydrogens is 439 g/mol. The number of benzene rings is 1. The van der Waals surface area contributed by atoms with Crippen molar-refractivity contribution in [3.8, 4) is 0 Å². The van der Waals surface area contributed by atoms with Crippen LogP contribution in [0.2, 0.25) is 0 Å². The van der Waals surface area contributed by atoms with Crippen molar-refractivity contribution in [2.75, 3.05) is 6.54 Å². The van der Waals surface area contributed by atoms with Gasteiger partial charge < -0.3 is 10.4 Å². The molecule has 1 aromatic carbocycles. The number of hydrogen-bond acceptors (Lipinski definition) is 4. The number of aliphatic carboxylic acids is 1. The molecule has 1 aliphatic rings. The van der Waals surface area contributed by atoms with Gasteiger partial charge in [0.1, 0.15) is 6.04 Å². The number of imide groups is 1. The van der Waals surface area contributed by atoms with E-state index in [-0.39, 0.29) is 24.8 Å². The van der Waals surface area contributed by atoms with Crippen LogP contribution in [0.4, 0.5) is 0 Å². The summed E-state index contributed by atoms with van der Waals surface area (Å²) in [6.45, 7) is 0.238. The Morgan fingerprint density at radius 2 is 1.84 bits per heavy atom. The number of carboxylic acid groups (broad SMARTS) is 1. The van der Waals surface area contributed by atoms with Crippen LogP contribution in [0.3, 0.4) is 0 Å². The maximum absolute atomic E-state index is 12.2. The molecule has 0 saturated carbocycles. The van der Waals surface area contributed by atoms with Crippen molar-refractivity contribution in [2.24, 2.45) is 0 Å². The Kier molecular flexibility index (Phi) is 6.68. The Morgan fingerprint density at radius 1 is 1.16 bits per heavy atom. The first-order chi connectivity index (χ1) is 11.9. The summed E-state index contributed by atoms with van der Waals surface area (Å²) in [4.78, 5) is 47.4. The van der Waals surface area contributed by atoms with Crippen LogP contribution in [0.25, 0.3) is 0 Å². The molecule has 0 unspecified atom stereocenters. The standard InChI is InChI=1S/C17H17IN2O5/c18-12-5-3-4-11(10-12)16(23)19-13(17(24)25)6-1-2-9-20-14(21)7-8-15(20)22/h3-5,7-8,10,13H,1-2,6,9H2,(H,19,23)(H,24,25)/t13-/m0/s1. The van der Waals surface area contributed by atoms with E-state index in [1.54, 1.807) is 18.2 Å². The largest absolute Gasteiger partial charge is 0.480 e. The molecule has 2 N–H and O–H groups in total.